The van der Waals surface area contributed by atoms with E-state index in [0.717, 1.165) is 28.3 Å². The fraction of sp³-hybridized carbons (Fsp3) is 0.159. The summed E-state index contributed by atoms with van der Waals surface area (Å²) in [6, 6.07) is 46.3. The molecule has 7 aromatic rings. The van der Waals surface area contributed by atoms with Crippen LogP contribution in [0.25, 0.3) is 32.5 Å². The van der Waals surface area contributed by atoms with E-state index >= 15 is 0 Å². The zero-order valence-corrected chi connectivity index (χ0v) is 28.9. The number of thiophene rings is 1. The van der Waals surface area contributed by atoms with E-state index in [1.54, 1.807) is 11.3 Å². The van der Waals surface area contributed by atoms with Crippen LogP contribution in [-0.4, -0.2) is 4.98 Å². The lowest BCUT2D eigenvalue weighted by molar-refractivity contribution is 0.590. The van der Waals surface area contributed by atoms with Crippen molar-refractivity contribution in [2.75, 3.05) is 10.2 Å². The minimum absolute atomic E-state index is 0.0593. The number of nitrogens with zero attached hydrogens (tertiary/aromatic N) is 2. The zero-order valence-electron chi connectivity index (χ0n) is 28.1. The molecule has 0 aliphatic carbocycles. The fourth-order valence-corrected chi connectivity index (χ4v) is 8.02. The van der Waals surface area contributed by atoms with Gasteiger partial charge in [0.25, 0.3) is 0 Å². The average molecular weight is 642 g/mol. The first-order valence-corrected chi connectivity index (χ1v) is 17.5. The number of hydrogen-bond donors (Lipinski definition) is 1. The third-order valence-corrected chi connectivity index (χ3v) is 10.6. The topological polar surface area (TPSA) is 28.2 Å². The van der Waals surface area contributed by atoms with Crippen LogP contribution in [0.5, 0.6) is 0 Å². The maximum Gasteiger partial charge on any atom is 0.0880 e. The van der Waals surface area contributed by atoms with Gasteiger partial charge in [-0.05, 0) is 99.1 Å². The van der Waals surface area contributed by atoms with Gasteiger partial charge in [0.15, 0.2) is 0 Å². The third-order valence-electron chi connectivity index (χ3n) is 9.71. The van der Waals surface area contributed by atoms with Gasteiger partial charge in [-0.25, -0.2) is 0 Å². The number of nitrogens with one attached hydrogen (secondary N) is 1. The van der Waals surface area contributed by atoms with Gasteiger partial charge in [0, 0.05) is 45.5 Å². The smallest absolute Gasteiger partial charge is 0.0880 e. The van der Waals surface area contributed by atoms with Crippen molar-refractivity contribution < 1.29 is 0 Å². The van der Waals surface area contributed by atoms with Gasteiger partial charge in [0.1, 0.15) is 0 Å². The van der Waals surface area contributed by atoms with E-state index in [-0.39, 0.29) is 10.8 Å². The summed E-state index contributed by atoms with van der Waals surface area (Å²) in [7, 11) is 0. The molecule has 0 spiro atoms. The van der Waals surface area contributed by atoms with E-state index in [1.165, 1.54) is 49.3 Å². The number of benzene rings is 5. The number of para-hydroxylation sites is 3. The molecule has 0 fully saturated rings. The van der Waals surface area contributed by atoms with Crippen molar-refractivity contribution in [3.05, 3.63) is 156 Å². The average Bonchev–Trinajstić information content (AvgIpc) is 3.58. The zero-order chi connectivity index (χ0) is 33.0. The molecular weight excluding hydrogens is 603 g/mol. The molecule has 8 rings (SSSR count). The van der Waals surface area contributed by atoms with Gasteiger partial charge in [-0.15, -0.1) is 11.3 Å². The first-order chi connectivity index (χ1) is 23.2. The molecule has 48 heavy (non-hydrogen) atoms. The normalized spacial score (nSPS) is 13.4. The van der Waals surface area contributed by atoms with Gasteiger partial charge in [-0.3, -0.25) is 4.98 Å². The molecule has 0 saturated carbocycles. The lowest BCUT2D eigenvalue weighted by Crippen LogP contribution is -2.26. The summed E-state index contributed by atoms with van der Waals surface area (Å²) in [5.41, 5.74) is 13.9. The summed E-state index contributed by atoms with van der Waals surface area (Å²) in [5, 5.41) is 7.20. The molecule has 4 heteroatoms. The van der Waals surface area contributed by atoms with E-state index in [9.17, 15) is 0 Å². The van der Waals surface area contributed by atoms with Crippen molar-refractivity contribution >= 4 is 49.9 Å². The van der Waals surface area contributed by atoms with E-state index in [4.69, 9.17) is 4.98 Å². The highest BCUT2D eigenvalue weighted by Crippen LogP contribution is 2.49. The molecule has 236 valence electrons. The number of fused-ring (bicyclic) bond motifs is 3. The van der Waals surface area contributed by atoms with Gasteiger partial charge in [0.2, 0.25) is 0 Å². The molecule has 5 aromatic carbocycles. The van der Waals surface area contributed by atoms with E-state index < -0.39 is 0 Å². The van der Waals surface area contributed by atoms with Crippen LogP contribution in [0, 0.1) is 0 Å². The van der Waals surface area contributed by atoms with Crippen LogP contribution in [0.2, 0.25) is 0 Å². The van der Waals surface area contributed by atoms with Crippen molar-refractivity contribution in [2.24, 2.45) is 0 Å². The van der Waals surface area contributed by atoms with Crippen LogP contribution in [0.1, 0.15) is 51.3 Å². The van der Waals surface area contributed by atoms with Crippen molar-refractivity contribution in [3.63, 3.8) is 0 Å². The number of pyridine rings is 1. The van der Waals surface area contributed by atoms with E-state index in [1.807, 2.05) is 6.20 Å². The van der Waals surface area contributed by atoms with Gasteiger partial charge < -0.3 is 10.2 Å². The Morgan fingerprint density at radius 3 is 2.23 bits per heavy atom. The number of anilines is 5. The van der Waals surface area contributed by atoms with Crippen LogP contribution in [0.4, 0.5) is 28.4 Å². The van der Waals surface area contributed by atoms with Crippen LogP contribution < -0.4 is 10.2 Å². The van der Waals surface area contributed by atoms with Gasteiger partial charge in [0.05, 0.1) is 16.1 Å². The summed E-state index contributed by atoms with van der Waals surface area (Å²) >= 11 is 1.75. The third kappa shape index (κ3) is 5.17. The molecule has 0 radical (unpaired) electrons. The SMILES string of the molecule is CC(C)(C)c1cc(-c2nccc3ccsc23)cc(N(c2ccccc2)c2cccc(-c3cccc4c3Nc3ccccc3C4(C)C)c2)c1. The second-order valence-corrected chi connectivity index (χ2v) is 15.2. The molecule has 0 bridgehead atoms. The van der Waals surface area contributed by atoms with Crippen LogP contribution in [-0.2, 0) is 10.8 Å². The molecule has 0 amide bonds. The second kappa shape index (κ2) is 11.5. The summed E-state index contributed by atoms with van der Waals surface area (Å²) in [6.07, 6.45) is 1.93. The lowest BCUT2D eigenvalue weighted by atomic mass is 9.73. The number of aromatic nitrogens is 1. The van der Waals surface area contributed by atoms with Gasteiger partial charge in [-0.2, -0.15) is 0 Å². The fourth-order valence-electron chi connectivity index (χ4n) is 7.11. The summed E-state index contributed by atoms with van der Waals surface area (Å²) in [4.78, 5) is 7.31. The maximum absolute atomic E-state index is 4.93. The molecule has 2 aromatic heterocycles. The quantitative estimate of drug-likeness (QED) is 0.203. The van der Waals surface area contributed by atoms with Crippen LogP contribution >= 0.6 is 11.3 Å². The molecule has 3 heterocycles. The lowest BCUT2D eigenvalue weighted by Gasteiger charge is -2.37. The Morgan fingerprint density at radius 2 is 1.40 bits per heavy atom. The van der Waals surface area contributed by atoms with Gasteiger partial charge >= 0.3 is 0 Å². The molecular formula is C44H39N3S. The molecule has 0 unspecified atom stereocenters. The van der Waals surface area contributed by atoms with Crippen LogP contribution in [0.15, 0.2) is 139 Å². The molecule has 1 N–H and O–H groups in total. The Bertz CT molecular complexity index is 2290. The standard InChI is InChI=1S/C44H39N3S/c1-43(2,3)32-25-31(40-42-29(21-23-45-40)22-24-48-42)27-35(28-32)47(33-14-7-6-8-15-33)34-16-11-13-30(26-34)36-17-12-19-38-41(36)46-39-20-10-9-18-37(39)44(38,4)5/h6-28,46H,1-5H3. The molecule has 1 aliphatic heterocycles. The molecule has 0 atom stereocenters. The predicted molar refractivity (Wildman–Crippen MR) is 206 cm³/mol. The van der Waals surface area contributed by atoms with Gasteiger partial charge in [-0.1, -0.05) is 101 Å². The Balaban J connectivity index is 1.31. The van der Waals surface area contributed by atoms with Crippen LogP contribution in [0.3, 0.4) is 0 Å². The summed E-state index contributed by atoms with van der Waals surface area (Å²) in [6.45, 7) is 11.5. The van der Waals surface area contributed by atoms with E-state index in [0.29, 0.717) is 0 Å². The highest BCUT2D eigenvalue weighted by Gasteiger charge is 2.33. The van der Waals surface area contributed by atoms with Crippen molar-refractivity contribution in [1.29, 1.82) is 0 Å². The monoisotopic (exact) mass is 641 g/mol. The Labute approximate surface area is 287 Å². The van der Waals surface area contributed by atoms with E-state index in [2.05, 4.69) is 178 Å². The number of rotatable bonds is 5. The highest BCUT2D eigenvalue weighted by atomic mass is 32.1. The summed E-state index contributed by atoms with van der Waals surface area (Å²) in [5.74, 6) is 0. The minimum Gasteiger partial charge on any atom is -0.355 e. The Morgan fingerprint density at radius 1 is 0.667 bits per heavy atom. The molecule has 0 saturated heterocycles. The first kappa shape index (κ1) is 30.2. The highest BCUT2D eigenvalue weighted by molar-refractivity contribution is 7.17. The number of hydrogen-bond acceptors (Lipinski definition) is 4. The minimum atomic E-state index is -0.121. The van der Waals surface area contributed by atoms with Crippen molar-refractivity contribution in [1.82, 2.24) is 4.98 Å². The predicted octanol–water partition coefficient (Wildman–Crippen LogP) is 12.8. The molecule has 3 nitrogen and oxygen atoms in total. The summed E-state index contributed by atoms with van der Waals surface area (Å²) < 4.78 is 1.22. The Hall–Kier alpha value is -5.19. The largest absolute Gasteiger partial charge is 0.355 e. The first-order valence-electron chi connectivity index (χ1n) is 16.6. The van der Waals surface area contributed by atoms with Crippen molar-refractivity contribution in [3.8, 4) is 22.4 Å². The Kier molecular flexibility index (Phi) is 7.23. The maximum atomic E-state index is 4.93. The van der Waals surface area contributed by atoms with Crippen molar-refractivity contribution in [2.45, 2.75) is 45.4 Å². The molecule has 1 aliphatic rings. The second-order valence-electron chi connectivity index (χ2n) is 14.3.